The third-order valence-corrected chi connectivity index (χ3v) is 3.73. The second-order valence-corrected chi connectivity index (χ2v) is 5.49. The zero-order valence-corrected chi connectivity index (χ0v) is 14.1. The van der Waals surface area contributed by atoms with Crippen LogP contribution in [0, 0.1) is 18.6 Å². The third kappa shape index (κ3) is 4.17. The Balaban J connectivity index is 2.42. The van der Waals surface area contributed by atoms with Gasteiger partial charge in [-0.25, -0.2) is 13.8 Å². The fourth-order valence-corrected chi connectivity index (χ4v) is 2.43. The fraction of sp³-hybridized carbons (Fsp3) is 0.278. The first-order chi connectivity index (χ1) is 11.8. The van der Waals surface area contributed by atoms with Crippen LogP contribution >= 0.6 is 0 Å². The lowest BCUT2D eigenvalue weighted by Crippen LogP contribution is -2.39. The maximum Gasteiger partial charge on any atom is 0.325 e. The molecule has 1 amide bonds. The first kappa shape index (κ1) is 18.5. The molecule has 0 saturated heterocycles. The summed E-state index contributed by atoms with van der Waals surface area (Å²) in [5.41, 5.74) is 0.278. The number of hydrogen-bond acceptors (Lipinski definition) is 4. The minimum atomic E-state index is -1.15. The van der Waals surface area contributed by atoms with Gasteiger partial charge in [0.2, 0.25) is 5.91 Å². The van der Waals surface area contributed by atoms with E-state index in [1.165, 1.54) is 26.2 Å². The van der Waals surface area contributed by atoms with E-state index in [2.05, 4.69) is 9.72 Å². The Labute approximate surface area is 144 Å². The van der Waals surface area contributed by atoms with Crippen molar-refractivity contribution in [2.75, 3.05) is 18.6 Å². The third-order valence-electron chi connectivity index (χ3n) is 3.73. The Kier molecular flexibility index (Phi) is 5.80. The molecule has 5 nitrogen and oxygen atoms in total. The van der Waals surface area contributed by atoms with Gasteiger partial charge in [-0.2, -0.15) is 0 Å². The summed E-state index contributed by atoms with van der Waals surface area (Å²) in [6, 6.07) is 8.32. The normalized spacial score (nSPS) is 11.7. The van der Waals surface area contributed by atoms with Crippen molar-refractivity contribution in [2.45, 2.75) is 19.8 Å². The molecule has 7 heteroatoms. The highest BCUT2D eigenvalue weighted by molar-refractivity contribution is 6.00. The maximum atomic E-state index is 14.0. The molecule has 2 rings (SSSR count). The van der Waals surface area contributed by atoms with Gasteiger partial charge in [-0.3, -0.25) is 14.5 Å². The number of aryl methyl sites for hydroxylation is 1. The van der Waals surface area contributed by atoms with Gasteiger partial charge in [0.15, 0.2) is 0 Å². The number of nitrogens with zero attached hydrogens (tertiary/aromatic N) is 2. The minimum absolute atomic E-state index is 0.207. The average Bonchev–Trinajstić information content (AvgIpc) is 2.58. The molecule has 1 atom stereocenters. The van der Waals surface area contributed by atoms with Gasteiger partial charge in [0.25, 0.3) is 0 Å². The Morgan fingerprint density at radius 1 is 1.16 bits per heavy atom. The molecule has 0 spiro atoms. The van der Waals surface area contributed by atoms with Crippen LogP contribution in [0.3, 0.4) is 0 Å². The molecule has 0 aliphatic carbocycles. The number of halogens is 2. The maximum absolute atomic E-state index is 14.0. The lowest BCUT2D eigenvalue weighted by Gasteiger charge is -2.24. The molecule has 1 aromatic heterocycles. The van der Waals surface area contributed by atoms with E-state index >= 15 is 0 Å². The lowest BCUT2D eigenvalue weighted by molar-refractivity contribution is -0.140. The van der Waals surface area contributed by atoms with Crippen LogP contribution in [0.5, 0.6) is 0 Å². The molecule has 25 heavy (non-hydrogen) atoms. The van der Waals surface area contributed by atoms with Crippen molar-refractivity contribution in [2.24, 2.45) is 0 Å². The second-order valence-electron chi connectivity index (χ2n) is 5.49. The number of hydrogen-bond donors (Lipinski definition) is 0. The van der Waals surface area contributed by atoms with Crippen molar-refractivity contribution in [3.8, 4) is 0 Å². The SMILES string of the molecule is COC(=O)CN(C(=O)[C@H](C)c1c(F)cccc1F)c1cccc(C)n1. The van der Waals surface area contributed by atoms with Gasteiger partial charge in [0.1, 0.15) is 24.0 Å². The van der Waals surface area contributed by atoms with Crippen LogP contribution < -0.4 is 4.90 Å². The highest BCUT2D eigenvalue weighted by Crippen LogP contribution is 2.26. The molecule has 1 heterocycles. The van der Waals surface area contributed by atoms with Crippen LogP contribution in [0.1, 0.15) is 24.1 Å². The topological polar surface area (TPSA) is 59.5 Å². The van der Waals surface area contributed by atoms with Crippen molar-refractivity contribution in [1.82, 2.24) is 4.98 Å². The molecule has 0 bridgehead atoms. The summed E-state index contributed by atoms with van der Waals surface area (Å²) in [5.74, 6) is -3.91. The molecule has 0 aliphatic rings. The summed E-state index contributed by atoms with van der Waals surface area (Å²) in [7, 11) is 1.19. The molecule has 0 fully saturated rings. The van der Waals surface area contributed by atoms with Crippen molar-refractivity contribution in [3.05, 3.63) is 59.3 Å². The Hall–Kier alpha value is -2.83. The van der Waals surface area contributed by atoms with Gasteiger partial charge in [0.05, 0.1) is 13.0 Å². The largest absolute Gasteiger partial charge is 0.468 e. The fourth-order valence-electron chi connectivity index (χ4n) is 2.43. The van der Waals surface area contributed by atoms with E-state index in [0.29, 0.717) is 5.69 Å². The molecule has 0 N–H and O–H groups in total. The van der Waals surface area contributed by atoms with Gasteiger partial charge in [0, 0.05) is 11.3 Å². The van der Waals surface area contributed by atoms with E-state index in [9.17, 15) is 18.4 Å². The van der Waals surface area contributed by atoms with Crippen molar-refractivity contribution >= 4 is 17.7 Å². The van der Waals surface area contributed by atoms with E-state index in [1.807, 2.05) is 0 Å². The number of methoxy groups -OCH3 is 1. The summed E-state index contributed by atoms with van der Waals surface area (Å²) in [4.78, 5) is 29.8. The smallest absolute Gasteiger partial charge is 0.325 e. The summed E-state index contributed by atoms with van der Waals surface area (Å²) in [5, 5.41) is 0. The van der Waals surface area contributed by atoms with Gasteiger partial charge in [-0.05, 0) is 38.1 Å². The lowest BCUT2D eigenvalue weighted by atomic mass is 9.98. The second kappa shape index (κ2) is 7.83. The number of aromatic nitrogens is 1. The average molecular weight is 348 g/mol. The number of esters is 1. The summed E-state index contributed by atoms with van der Waals surface area (Å²) < 4.78 is 32.6. The monoisotopic (exact) mass is 348 g/mol. The first-order valence-corrected chi connectivity index (χ1v) is 7.61. The molecular weight excluding hydrogens is 330 g/mol. The van der Waals surface area contributed by atoms with E-state index in [0.717, 1.165) is 17.0 Å². The standard InChI is InChI=1S/C18H18F2N2O3/c1-11-6-4-9-15(21-11)22(10-16(23)25-3)18(24)12(2)17-13(19)7-5-8-14(17)20/h4-9,12H,10H2,1-3H3/t12-/m1/s1. The van der Waals surface area contributed by atoms with Crippen molar-refractivity contribution < 1.29 is 23.1 Å². The molecule has 0 radical (unpaired) electrons. The highest BCUT2D eigenvalue weighted by atomic mass is 19.1. The molecule has 2 aromatic rings. The number of rotatable bonds is 5. The number of carbonyl (C=O) groups excluding carboxylic acids is 2. The van der Waals surface area contributed by atoms with Crippen LogP contribution in [0.2, 0.25) is 0 Å². The summed E-state index contributed by atoms with van der Waals surface area (Å²) >= 11 is 0. The first-order valence-electron chi connectivity index (χ1n) is 7.61. The molecule has 0 aliphatic heterocycles. The predicted molar refractivity (Wildman–Crippen MR) is 88.1 cm³/mol. The Morgan fingerprint density at radius 2 is 1.76 bits per heavy atom. The number of carbonyl (C=O) groups is 2. The van der Waals surface area contributed by atoms with Crippen molar-refractivity contribution in [1.29, 1.82) is 0 Å². The summed E-state index contributed by atoms with van der Waals surface area (Å²) in [6.07, 6.45) is 0. The predicted octanol–water partition coefficient (Wildman–Crippen LogP) is 2.98. The number of amides is 1. The van der Waals surface area contributed by atoms with Gasteiger partial charge < -0.3 is 4.74 Å². The molecule has 1 aromatic carbocycles. The number of benzene rings is 1. The highest BCUT2D eigenvalue weighted by Gasteiger charge is 2.30. The van der Waals surface area contributed by atoms with Crippen LogP contribution in [0.15, 0.2) is 36.4 Å². The minimum Gasteiger partial charge on any atom is -0.468 e. The zero-order chi connectivity index (χ0) is 18.6. The van der Waals surface area contributed by atoms with E-state index in [4.69, 9.17) is 0 Å². The zero-order valence-electron chi connectivity index (χ0n) is 14.1. The van der Waals surface area contributed by atoms with Crippen molar-refractivity contribution in [3.63, 3.8) is 0 Å². The Bertz CT molecular complexity index is 775. The van der Waals surface area contributed by atoms with Gasteiger partial charge in [-0.1, -0.05) is 12.1 Å². The number of pyridine rings is 1. The van der Waals surface area contributed by atoms with E-state index in [1.54, 1.807) is 19.1 Å². The number of anilines is 1. The van der Waals surface area contributed by atoms with Gasteiger partial charge in [-0.15, -0.1) is 0 Å². The molecule has 0 unspecified atom stereocenters. The Morgan fingerprint density at radius 3 is 2.32 bits per heavy atom. The summed E-state index contributed by atoms with van der Waals surface area (Å²) in [6.45, 7) is 2.69. The van der Waals surface area contributed by atoms with Crippen LogP contribution in [-0.2, 0) is 14.3 Å². The van der Waals surface area contributed by atoms with Crippen LogP contribution in [-0.4, -0.2) is 30.5 Å². The van der Waals surface area contributed by atoms with Crippen LogP contribution in [0.4, 0.5) is 14.6 Å². The van der Waals surface area contributed by atoms with E-state index in [-0.39, 0.29) is 11.4 Å². The molecule has 132 valence electrons. The van der Waals surface area contributed by atoms with E-state index < -0.39 is 36.0 Å². The molecule has 0 saturated carbocycles. The van der Waals surface area contributed by atoms with Gasteiger partial charge >= 0.3 is 5.97 Å². The molecular formula is C18H18F2N2O3. The number of ether oxygens (including phenoxy) is 1. The van der Waals surface area contributed by atoms with Crippen LogP contribution in [0.25, 0.3) is 0 Å². The quantitative estimate of drug-likeness (QED) is 0.780.